The number of carbonyl (C=O) groups is 1. The van der Waals surface area contributed by atoms with Crippen molar-refractivity contribution in [2.45, 2.75) is 31.7 Å². The van der Waals surface area contributed by atoms with E-state index in [0.29, 0.717) is 5.69 Å². The number of nitrogens with one attached hydrogen (secondary N) is 2. The average Bonchev–Trinajstić information content (AvgIpc) is 2.71. The van der Waals surface area contributed by atoms with Gasteiger partial charge in [-0.3, -0.25) is 4.79 Å². The van der Waals surface area contributed by atoms with Crippen molar-refractivity contribution in [1.82, 2.24) is 15.3 Å². The molecule has 1 aliphatic rings. The van der Waals surface area contributed by atoms with Crippen molar-refractivity contribution in [3.8, 4) is 17.1 Å². The third kappa shape index (κ3) is 4.36. The number of aromatic nitrogens is 2. The van der Waals surface area contributed by atoms with E-state index in [1.54, 1.807) is 19.1 Å². The van der Waals surface area contributed by atoms with E-state index in [0.717, 1.165) is 16.7 Å². The lowest BCUT2D eigenvalue weighted by atomic mass is 10.00. The minimum atomic E-state index is -4.03. The first-order chi connectivity index (χ1) is 14.7. The maximum Gasteiger partial charge on any atom is 0.264 e. The predicted octanol–water partition coefficient (Wildman–Crippen LogP) is 3.07. The Labute approximate surface area is 180 Å². The first kappa shape index (κ1) is 20.8. The normalized spacial score (nSPS) is 17.8. The lowest BCUT2D eigenvalue weighted by Crippen LogP contribution is -2.36. The quantitative estimate of drug-likeness (QED) is 0.604. The number of ether oxygens (including phenoxy) is 1. The smallest absolute Gasteiger partial charge is 0.264 e. The van der Waals surface area contributed by atoms with Crippen LogP contribution in [0.5, 0.6) is 5.88 Å². The van der Waals surface area contributed by atoms with Crippen LogP contribution in [0, 0.1) is 13.8 Å². The zero-order valence-electron chi connectivity index (χ0n) is 17.3. The number of hydrogen-bond acceptors (Lipinski definition) is 6. The summed E-state index contributed by atoms with van der Waals surface area (Å²) >= 11 is 0. The van der Waals surface area contributed by atoms with E-state index in [9.17, 15) is 13.2 Å². The Balaban J connectivity index is 1.87. The number of aryl methyl sites for hydroxylation is 2. The zero-order valence-corrected chi connectivity index (χ0v) is 18.2. The maximum atomic E-state index is 13.0. The highest BCUT2D eigenvalue weighted by Crippen LogP contribution is 2.29. The molecule has 0 radical (unpaired) electrons. The van der Waals surface area contributed by atoms with E-state index in [4.69, 9.17) is 4.74 Å². The van der Waals surface area contributed by atoms with Gasteiger partial charge in [0, 0.05) is 17.2 Å². The summed E-state index contributed by atoms with van der Waals surface area (Å²) in [5.74, 6) is -0.287. The molecule has 1 unspecified atom stereocenters. The Morgan fingerprint density at radius 3 is 2.48 bits per heavy atom. The summed E-state index contributed by atoms with van der Waals surface area (Å²) < 4.78 is 34.1. The molecule has 0 saturated carbocycles. The molecular formula is C22H22N4O4S. The maximum absolute atomic E-state index is 13.0. The van der Waals surface area contributed by atoms with Gasteiger partial charge in [0.05, 0.1) is 16.6 Å². The lowest BCUT2D eigenvalue weighted by molar-refractivity contribution is 0.0925. The van der Waals surface area contributed by atoms with E-state index in [1.807, 2.05) is 32.0 Å². The number of carbonyl (C=O) groups excluding carboxylic acids is 1. The number of hydrogen-bond donors (Lipinski definition) is 2. The number of amides is 1. The van der Waals surface area contributed by atoms with Crippen molar-refractivity contribution in [3.63, 3.8) is 0 Å². The third-order valence-electron chi connectivity index (χ3n) is 4.93. The second kappa shape index (κ2) is 7.99. The van der Waals surface area contributed by atoms with Gasteiger partial charge in [0.15, 0.2) is 0 Å². The van der Waals surface area contributed by atoms with Crippen molar-refractivity contribution in [3.05, 3.63) is 65.2 Å². The average molecular weight is 439 g/mol. The van der Waals surface area contributed by atoms with Crippen LogP contribution >= 0.6 is 0 Å². The van der Waals surface area contributed by atoms with Gasteiger partial charge in [-0.2, -0.15) is 4.98 Å². The van der Waals surface area contributed by atoms with Gasteiger partial charge in [-0.1, -0.05) is 24.3 Å². The predicted molar refractivity (Wildman–Crippen MR) is 117 cm³/mol. The molecular weight excluding hydrogens is 416 g/mol. The molecule has 0 aliphatic carbocycles. The molecule has 0 spiro atoms. The highest BCUT2D eigenvalue weighted by Gasteiger charge is 2.21. The summed E-state index contributed by atoms with van der Waals surface area (Å²) in [6, 6.07) is 13.0. The number of sulfonamides is 1. The van der Waals surface area contributed by atoms with Crippen molar-refractivity contribution in [2.75, 3.05) is 11.3 Å². The topological polar surface area (TPSA) is 110 Å². The van der Waals surface area contributed by atoms with Gasteiger partial charge in [0.1, 0.15) is 6.61 Å². The van der Waals surface area contributed by atoms with Crippen molar-refractivity contribution < 1.29 is 17.9 Å². The second-order valence-corrected chi connectivity index (χ2v) is 9.18. The second-order valence-electron chi connectivity index (χ2n) is 7.50. The van der Waals surface area contributed by atoms with Gasteiger partial charge in [0.2, 0.25) is 11.8 Å². The van der Waals surface area contributed by atoms with Crippen LogP contribution in [0.15, 0.2) is 53.4 Å². The molecule has 31 heavy (non-hydrogen) atoms. The standard InChI is InChI=1S/C22H22N4O4S/c1-13-6-4-7-14(2)20(13)18-11-19-25-22(24-18)26-31(28,29)17-9-5-8-16(10-17)21(27)23-15(3)12-30-19/h4-11,15H,12H2,1-3H3,(H,23,27)(H,24,25,26). The highest BCUT2D eigenvalue weighted by atomic mass is 32.2. The van der Waals surface area contributed by atoms with Crippen LogP contribution in [0.4, 0.5) is 5.95 Å². The molecule has 9 heteroatoms. The molecule has 2 heterocycles. The van der Waals surface area contributed by atoms with E-state index in [-0.39, 0.29) is 40.8 Å². The first-order valence-electron chi connectivity index (χ1n) is 9.75. The minimum absolute atomic E-state index is 0.0596. The zero-order chi connectivity index (χ0) is 22.2. The Bertz CT molecular complexity index is 1250. The van der Waals surface area contributed by atoms with Crippen LogP contribution in [0.2, 0.25) is 0 Å². The molecule has 2 aromatic carbocycles. The third-order valence-corrected chi connectivity index (χ3v) is 6.26. The van der Waals surface area contributed by atoms with Crippen LogP contribution in [0.25, 0.3) is 11.3 Å². The Hall–Kier alpha value is -3.46. The largest absolute Gasteiger partial charge is 0.475 e. The van der Waals surface area contributed by atoms with Crippen LogP contribution in [-0.4, -0.2) is 36.9 Å². The fourth-order valence-corrected chi connectivity index (χ4v) is 4.42. The molecule has 160 valence electrons. The molecule has 1 aliphatic heterocycles. The fourth-order valence-electron chi connectivity index (χ4n) is 3.43. The van der Waals surface area contributed by atoms with Crippen LogP contribution in [0.1, 0.15) is 28.4 Å². The van der Waals surface area contributed by atoms with Gasteiger partial charge in [0.25, 0.3) is 15.9 Å². The Morgan fingerprint density at radius 2 is 1.74 bits per heavy atom. The number of anilines is 1. The van der Waals surface area contributed by atoms with Gasteiger partial charge >= 0.3 is 0 Å². The molecule has 1 amide bonds. The summed E-state index contributed by atoms with van der Waals surface area (Å²) in [6.07, 6.45) is 0. The summed E-state index contributed by atoms with van der Waals surface area (Å²) in [6.45, 7) is 5.87. The van der Waals surface area contributed by atoms with Crippen LogP contribution < -0.4 is 14.8 Å². The number of benzene rings is 2. The molecule has 3 aromatic rings. The van der Waals surface area contributed by atoms with E-state index >= 15 is 0 Å². The number of fused-ring (bicyclic) bond motifs is 4. The lowest BCUT2D eigenvalue weighted by Gasteiger charge is -2.16. The van der Waals surface area contributed by atoms with Gasteiger partial charge < -0.3 is 10.1 Å². The summed E-state index contributed by atoms with van der Waals surface area (Å²) in [7, 11) is -4.03. The molecule has 0 fully saturated rings. The summed E-state index contributed by atoms with van der Waals surface area (Å²) in [4.78, 5) is 21.1. The van der Waals surface area contributed by atoms with Crippen molar-refractivity contribution in [1.29, 1.82) is 0 Å². The van der Waals surface area contributed by atoms with Crippen molar-refractivity contribution >= 4 is 21.9 Å². The van der Waals surface area contributed by atoms with E-state index in [2.05, 4.69) is 20.0 Å². The molecule has 8 nitrogen and oxygen atoms in total. The number of rotatable bonds is 1. The molecule has 0 saturated heterocycles. The van der Waals surface area contributed by atoms with Crippen LogP contribution in [-0.2, 0) is 10.0 Å². The Kier molecular flexibility index (Phi) is 5.36. The SMILES string of the molecule is Cc1cccc(C)c1-c1cc2nc(n1)NS(=O)(=O)c1cccc(c1)C(=O)NC(C)CO2. The van der Waals surface area contributed by atoms with Gasteiger partial charge in [-0.05, 0) is 50.1 Å². The Morgan fingerprint density at radius 1 is 1.03 bits per heavy atom. The van der Waals surface area contributed by atoms with Crippen LogP contribution in [0.3, 0.4) is 0 Å². The molecule has 2 N–H and O–H groups in total. The number of nitrogens with zero attached hydrogens (tertiary/aromatic N) is 2. The molecule has 1 atom stereocenters. The van der Waals surface area contributed by atoms with Gasteiger partial charge in [-0.15, -0.1) is 0 Å². The van der Waals surface area contributed by atoms with E-state index < -0.39 is 10.0 Å². The minimum Gasteiger partial charge on any atom is -0.475 e. The summed E-state index contributed by atoms with van der Waals surface area (Å²) in [5, 5.41) is 2.80. The van der Waals surface area contributed by atoms with Crippen molar-refractivity contribution in [2.24, 2.45) is 0 Å². The first-order valence-corrected chi connectivity index (χ1v) is 11.2. The van der Waals surface area contributed by atoms with E-state index in [1.165, 1.54) is 18.2 Å². The van der Waals surface area contributed by atoms with Gasteiger partial charge in [-0.25, -0.2) is 18.1 Å². The monoisotopic (exact) mass is 438 g/mol. The summed E-state index contributed by atoms with van der Waals surface area (Å²) in [5.41, 5.74) is 3.63. The molecule has 1 aromatic heterocycles. The highest BCUT2D eigenvalue weighted by molar-refractivity contribution is 7.92. The molecule has 4 bridgehead atoms. The molecule has 4 rings (SSSR count). The fraction of sp³-hybridized carbons (Fsp3) is 0.227.